The highest BCUT2D eigenvalue weighted by atomic mass is 16.5. The number of esters is 1. The molecule has 0 aromatic heterocycles. The standard InChI is InChI=1S/C20H20N2O5/c1-13-6-2-3-7-14(13)11-21-18(23)12-26-19(24)10-17-20(25)22-15-8-4-5-9-16(15)27-17/h2-9,17H,10-12H2,1H3,(H,21,23)(H,22,25)/t17-/m0/s1. The molecule has 2 aromatic rings. The summed E-state index contributed by atoms with van der Waals surface area (Å²) in [5, 5.41) is 5.37. The number of amides is 2. The van der Waals surface area contributed by atoms with Crippen LogP contribution < -0.4 is 15.4 Å². The van der Waals surface area contributed by atoms with Crippen LogP contribution in [-0.2, 0) is 25.7 Å². The van der Waals surface area contributed by atoms with Gasteiger partial charge in [-0.2, -0.15) is 0 Å². The van der Waals surface area contributed by atoms with Crippen molar-refractivity contribution in [3.05, 3.63) is 59.7 Å². The Balaban J connectivity index is 1.44. The van der Waals surface area contributed by atoms with Crippen molar-refractivity contribution in [2.75, 3.05) is 11.9 Å². The topological polar surface area (TPSA) is 93.7 Å². The highest BCUT2D eigenvalue weighted by Gasteiger charge is 2.30. The summed E-state index contributed by atoms with van der Waals surface area (Å²) in [5.74, 6) is -1.02. The molecule has 0 unspecified atom stereocenters. The van der Waals surface area contributed by atoms with Crippen molar-refractivity contribution in [3.8, 4) is 5.75 Å². The first-order chi connectivity index (χ1) is 13.0. The number of rotatable bonds is 6. The molecule has 1 aliphatic heterocycles. The second-order valence-corrected chi connectivity index (χ2v) is 6.16. The van der Waals surface area contributed by atoms with Crippen molar-refractivity contribution >= 4 is 23.5 Å². The van der Waals surface area contributed by atoms with Crippen LogP contribution in [0.2, 0.25) is 0 Å². The van der Waals surface area contributed by atoms with Gasteiger partial charge in [0.05, 0.1) is 12.1 Å². The predicted molar refractivity (Wildman–Crippen MR) is 98.1 cm³/mol. The van der Waals surface area contributed by atoms with Gasteiger partial charge in [-0.25, -0.2) is 0 Å². The third kappa shape index (κ3) is 4.84. The highest BCUT2D eigenvalue weighted by Crippen LogP contribution is 2.29. The van der Waals surface area contributed by atoms with E-state index in [9.17, 15) is 14.4 Å². The Labute approximate surface area is 156 Å². The first kappa shape index (κ1) is 18.4. The fourth-order valence-corrected chi connectivity index (χ4v) is 2.64. The van der Waals surface area contributed by atoms with Crippen LogP contribution in [0.15, 0.2) is 48.5 Å². The van der Waals surface area contributed by atoms with E-state index in [1.807, 2.05) is 31.2 Å². The third-order valence-electron chi connectivity index (χ3n) is 4.16. The molecule has 1 atom stereocenters. The van der Waals surface area contributed by atoms with E-state index in [4.69, 9.17) is 9.47 Å². The SMILES string of the molecule is Cc1ccccc1CNC(=O)COC(=O)C[C@@H]1Oc2ccccc2NC1=O. The van der Waals surface area contributed by atoms with E-state index in [1.165, 1.54) is 0 Å². The smallest absolute Gasteiger partial charge is 0.310 e. The van der Waals surface area contributed by atoms with Crippen LogP contribution in [0, 0.1) is 6.92 Å². The molecule has 7 nitrogen and oxygen atoms in total. The number of fused-ring (bicyclic) bond motifs is 1. The maximum Gasteiger partial charge on any atom is 0.310 e. The molecule has 0 fully saturated rings. The molecule has 7 heteroatoms. The number of anilines is 1. The van der Waals surface area contributed by atoms with Crippen molar-refractivity contribution < 1.29 is 23.9 Å². The summed E-state index contributed by atoms with van der Waals surface area (Å²) in [5.41, 5.74) is 2.61. The molecule has 3 rings (SSSR count). The van der Waals surface area contributed by atoms with E-state index in [0.29, 0.717) is 18.0 Å². The van der Waals surface area contributed by atoms with Crippen molar-refractivity contribution in [1.29, 1.82) is 0 Å². The summed E-state index contributed by atoms with van der Waals surface area (Å²) in [6.07, 6.45) is -1.26. The number of carbonyl (C=O) groups is 3. The van der Waals surface area contributed by atoms with Crippen molar-refractivity contribution in [3.63, 3.8) is 0 Å². The first-order valence-corrected chi connectivity index (χ1v) is 8.56. The minimum Gasteiger partial charge on any atom is -0.478 e. The molecule has 0 radical (unpaired) electrons. The lowest BCUT2D eigenvalue weighted by Gasteiger charge is -2.25. The molecule has 0 bridgehead atoms. The molecule has 0 saturated carbocycles. The second kappa shape index (κ2) is 8.35. The first-order valence-electron chi connectivity index (χ1n) is 8.56. The van der Waals surface area contributed by atoms with E-state index in [2.05, 4.69) is 10.6 Å². The minimum absolute atomic E-state index is 0.273. The van der Waals surface area contributed by atoms with Gasteiger partial charge in [0.1, 0.15) is 5.75 Å². The quantitative estimate of drug-likeness (QED) is 0.760. The van der Waals surface area contributed by atoms with Gasteiger partial charge in [0.2, 0.25) is 0 Å². The van der Waals surface area contributed by atoms with Gasteiger partial charge < -0.3 is 20.1 Å². The van der Waals surface area contributed by atoms with Crippen LogP contribution >= 0.6 is 0 Å². The van der Waals surface area contributed by atoms with Crippen LogP contribution in [0.1, 0.15) is 17.5 Å². The summed E-state index contributed by atoms with van der Waals surface area (Å²) in [6.45, 7) is 1.90. The van der Waals surface area contributed by atoms with Crippen LogP contribution in [-0.4, -0.2) is 30.5 Å². The number of hydrogen-bond donors (Lipinski definition) is 2. The molecule has 2 aromatic carbocycles. The lowest BCUT2D eigenvalue weighted by atomic mass is 10.1. The summed E-state index contributed by atoms with van der Waals surface area (Å²) in [7, 11) is 0. The molecule has 2 N–H and O–H groups in total. The number of benzene rings is 2. The number of ether oxygens (including phenoxy) is 2. The molecule has 0 spiro atoms. The van der Waals surface area contributed by atoms with Gasteiger partial charge in [0.15, 0.2) is 12.7 Å². The van der Waals surface area contributed by atoms with E-state index in [1.54, 1.807) is 24.3 Å². The third-order valence-corrected chi connectivity index (χ3v) is 4.16. The van der Waals surface area contributed by atoms with E-state index >= 15 is 0 Å². The summed E-state index contributed by atoms with van der Waals surface area (Å²) >= 11 is 0. The van der Waals surface area contributed by atoms with Gasteiger partial charge in [-0.15, -0.1) is 0 Å². The minimum atomic E-state index is -0.984. The largest absolute Gasteiger partial charge is 0.478 e. The number of para-hydroxylation sites is 2. The number of nitrogens with one attached hydrogen (secondary N) is 2. The van der Waals surface area contributed by atoms with Gasteiger partial charge in [-0.05, 0) is 30.2 Å². The number of aryl methyl sites for hydroxylation is 1. The lowest BCUT2D eigenvalue weighted by Crippen LogP contribution is -2.39. The average Bonchev–Trinajstić information content (AvgIpc) is 2.66. The molecule has 0 saturated heterocycles. The van der Waals surface area contributed by atoms with Gasteiger partial charge >= 0.3 is 5.97 Å². The lowest BCUT2D eigenvalue weighted by molar-refractivity contribution is -0.151. The Morgan fingerprint density at radius 3 is 2.70 bits per heavy atom. The zero-order chi connectivity index (χ0) is 19.2. The Morgan fingerprint density at radius 2 is 1.89 bits per heavy atom. The van der Waals surface area contributed by atoms with Crippen molar-refractivity contribution in [1.82, 2.24) is 5.32 Å². The van der Waals surface area contributed by atoms with Crippen molar-refractivity contribution in [2.24, 2.45) is 0 Å². The predicted octanol–water partition coefficient (Wildman–Crippen LogP) is 1.94. The molecule has 1 aliphatic rings. The number of carbonyl (C=O) groups excluding carboxylic acids is 3. The fourth-order valence-electron chi connectivity index (χ4n) is 2.64. The molecular weight excluding hydrogens is 348 g/mol. The Kier molecular flexibility index (Phi) is 5.71. The van der Waals surface area contributed by atoms with Crippen molar-refractivity contribution in [2.45, 2.75) is 26.0 Å². The summed E-state index contributed by atoms with van der Waals surface area (Å²) in [6, 6.07) is 14.6. The number of hydrogen-bond acceptors (Lipinski definition) is 5. The van der Waals surface area contributed by atoms with Crippen LogP contribution in [0.5, 0.6) is 5.75 Å². The second-order valence-electron chi connectivity index (χ2n) is 6.16. The van der Waals surface area contributed by atoms with E-state index in [0.717, 1.165) is 11.1 Å². The highest BCUT2D eigenvalue weighted by molar-refractivity contribution is 5.99. The van der Waals surface area contributed by atoms with E-state index < -0.39 is 30.5 Å². The van der Waals surface area contributed by atoms with Gasteiger partial charge in [-0.3, -0.25) is 14.4 Å². The normalized spacial score (nSPS) is 15.1. The zero-order valence-corrected chi connectivity index (χ0v) is 14.9. The fraction of sp³-hybridized carbons (Fsp3) is 0.250. The molecule has 140 valence electrons. The maximum atomic E-state index is 12.0. The molecule has 27 heavy (non-hydrogen) atoms. The molecule has 0 aliphatic carbocycles. The van der Waals surface area contributed by atoms with Crippen LogP contribution in [0.4, 0.5) is 5.69 Å². The molecule has 2 amide bonds. The molecular formula is C20H20N2O5. The van der Waals surface area contributed by atoms with E-state index in [-0.39, 0.29) is 6.42 Å². The Morgan fingerprint density at radius 1 is 1.15 bits per heavy atom. The summed E-state index contributed by atoms with van der Waals surface area (Å²) in [4.78, 5) is 35.8. The van der Waals surface area contributed by atoms with Crippen LogP contribution in [0.3, 0.4) is 0 Å². The summed E-state index contributed by atoms with van der Waals surface area (Å²) < 4.78 is 10.5. The van der Waals surface area contributed by atoms with Gasteiger partial charge in [-0.1, -0.05) is 36.4 Å². The average molecular weight is 368 g/mol. The van der Waals surface area contributed by atoms with Gasteiger partial charge in [0.25, 0.3) is 11.8 Å². The maximum absolute atomic E-state index is 12.0. The van der Waals surface area contributed by atoms with Gasteiger partial charge in [0, 0.05) is 6.54 Å². The Hall–Kier alpha value is -3.35. The van der Waals surface area contributed by atoms with Crippen LogP contribution in [0.25, 0.3) is 0 Å². The monoisotopic (exact) mass is 368 g/mol. The zero-order valence-electron chi connectivity index (χ0n) is 14.9. The Bertz CT molecular complexity index is 865. The molecule has 1 heterocycles.